The van der Waals surface area contributed by atoms with Crippen LogP contribution in [0.3, 0.4) is 0 Å². The van der Waals surface area contributed by atoms with Crippen LogP contribution < -0.4 is 10.1 Å². The molecule has 1 atom stereocenters. The summed E-state index contributed by atoms with van der Waals surface area (Å²) < 4.78 is 32.6. The van der Waals surface area contributed by atoms with Crippen molar-refractivity contribution < 1.29 is 17.9 Å². The van der Waals surface area contributed by atoms with E-state index in [1.807, 2.05) is 24.3 Å². The van der Waals surface area contributed by atoms with Crippen molar-refractivity contribution in [3.63, 3.8) is 0 Å². The van der Waals surface area contributed by atoms with Gasteiger partial charge in [-0.15, -0.1) is 0 Å². The molecule has 1 aromatic carbocycles. The average molecular weight is 384 g/mol. The minimum atomic E-state index is -3.47. The van der Waals surface area contributed by atoms with Gasteiger partial charge in [-0.1, -0.05) is 19.1 Å². The number of hydrogen-bond acceptors (Lipinski definition) is 4. The highest BCUT2D eigenvalue weighted by molar-refractivity contribution is 7.86. The molecular weight excluding hydrogens is 354 g/mol. The molecular formula is C18H29N3O4S. The minimum Gasteiger partial charge on any atom is -0.492 e. The summed E-state index contributed by atoms with van der Waals surface area (Å²) >= 11 is 0. The van der Waals surface area contributed by atoms with E-state index in [4.69, 9.17) is 4.74 Å². The quantitative estimate of drug-likeness (QED) is 0.686. The normalized spacial score (nSPS) is 18.7. The number of ether oxygens (including phenoxy) is 1. The number of amides is 1. The van der Waals surface area contributed by atoms with Gasteiger partial charge in [0.25, 0.3) is 10.2 Å². The summed E-state index contributed by atoms with van der Waals surface area (Å²) in [5, 5.41) is 2.85. The lowest BCUT2D eigenvalue weighted by molar-refractivity contribution is -0.126. The van der Waals surface area contributed by atoms with Gasteiger partial charge >= 0.3 is 0 Å². The maximum Gasteiger partial charge on any atom is 0.281 e. The van der Waals surface area contributed by atoms with Gasteiger partial charge in [-0.05, 0) is 37.0 Å². The van der Waals surface area contributed by atoms with Crippen LogP contribution in [-0.2, 0) is 21.4 Å². The summed E-state index contributed by atoms with van der Waals surface area (Å²) in [4.78, 5) is 12.3. The van der Waals surface area contributed by atoms with Crippen LogP contribution in [0, 0.1) is 5.92 Å². The third kappa shape index (κ3) is 5.43. The topological polar surface area (TPSA) is 79.0 Å². The number of carbonyl (C=O) groups is 1. The maximum absolute atomic E-state index is 12.3. The van der Waals surface area contributed by atoms with E-state index in [0.29, 0.717) is 32.5 Å². The Kier molecular flexibility index (Phi) is 7.43. The van der Waals surface area contributed by atoms with Crippen LogP contribution in [0.5, 0.6) is 5.75 Å². The molecule has 1 amide bonds. The van der Waals surface area contributed by atoms with Crippen LogP contribution in [0.4, 0.5) is 0 Å². The lowest BCUT2D eigenvalue weighted by atomic mass is 9.99. The Morgan fingerprint density at radius 3 is 2.62 bits per heavy atom. The Labute approximate surface area is 156 Å². The van der Waals surface area contributed by atoms with Gasteiger partial charge in [-0.3, -0.25) is 4.79 Å². The van der Waals surface area contributed by atoms with E-state index in [9.17, 15) is 13.2 Å². The SMILES string of the molecule is CCc1ccc(OCCNC(=O)C2CCCN(S(=O)(=O)N(C)C)C2)cc1. The fraction of sp³-hybridized carbons (Fsp3) is 0.611. The van der Waals surface area contributed by atoms with E-state index in [1.54, 1.807) is 0 Å². The van der Waals surface area contributed by atoms with E-state index in [1.165, 1.54) is 28.3 Å². The minimum absolute atomic E-state index is 0.117. The number of benzene rings is 1. The summed E-state index contributed by atoms with van der Waals surface area (Å²) in [6.45, 7) is 3.56. The highest BCUT2D eigenvalue weighted by atomic mass is 32.2. The summed E-state index contributed by atoms with van der Waals surface area (Å²) in [5.74, 6) is 0.341. The average Bonchev–Trinajstić information content (AvgIpc) is 2.65. The molecule has 0 spiro atoms. The Morgan fingerprint density at radius 1 is 1.31 bits per heavy atom. The lowest BCUT2D eigenvalue weighted by Gasteiger charge is -2.32. The van der Waals surface area contributed by atoms with E-state index in [2.05, 4.69) is 12.2 Å². The molecule has 1 unspecified atom stereocenters. The molecule has 1 aliphatic heterocycles. The summed E-state index contributed by atoms with van der Waals surface area (Å²) in [5.41, 5.74) is 1.25. The number of nitrogens with one attached hydrogen (secondary N) is 1. The molecule has 2 rings (SSSR count). The first-order valence-electron chi connectivity index (χ1n) is 9.01. The van der Waals surface area contributed by atoms with Gasteiger partial charge in [0.15, 0.2) is 0 Å². The molecule has 7 nitrogen and oxygen atoms in total. The molecule has 0 aromatic heterocycles. The first-order chi connectivity index (χ1) is 12.3. The Bertz CT molecular complexity index is 689. The number of hydrogen-bond donors (Lipinski definition) is 1. The molecule has 1 saturated heterocycles. The monoisotopic (exact) mass is 383 g/mol. The van der Waals surface area contributed by atoms with Crippen molar-refractivity contribution in [3.8, 4) is 5.75 Å². The van der Waals surface area contributed by atoms with Crippen molar-refractivity contribution in [1.29, 1.82) is 0 Å². The van der Waals surface area contributed by atoms with Gasteiger partial charge < -0.3 is 10.1 Å². The van der Waals surface area contributed by atoms with Crippen molar-refractivity contribution in [2.45, 2.75) is 26.2 Å². The van der Waals surface area contributed by atoms with Crippen LogP contribution in [-0.4, -0.2) is 63.3 Å². The fourth-order valence-electron chi connectivity index (χ4n) is 2.91. The van der Waals surface area contributed by atoms with Crippen LogP contribution in [0.2, 0.25) is 0 Å². The number of rotatable bonds is 8. The van der Waals surface area contributed by atoms with Crippen LogP contribution in [0.25, 0.3) is 0 Å². The van der Waals surface area contributed by atoms with E-state index in [0.717, 1.165) is 12.2 Å². The smallest absolute Gasteiger partial charge is 0.281 e. The number of nitrogens with zero attached hydrogens (tertiary/aromatic N) is 2. The third-order valence-electron chi connectivity index (χ3n) is 4.54. The standard InChI is InChI=1S/C18H29N3O4S/c1-4-15-7-9-17(10-8-15)25-13-11-19-18(22)16-6-5-12-21(14-16)26(23,24)20(2)3/h7-10,16H,4-6,11-14H2,1-3H3,(H,19,22). The van der Waals surface area contributed by atoms with Crippen molar-refractivity contribution in [2.24, 2.45) is 5.92 Å². The van der Waals surface area contributed by atoms with Gasteiger partial charge in [-0.2, -0.15) is 17.0 Å². The highest BCUT2D eigenvalue weighted by Crippen LogP contribution is 2.20. The zero-order chi connectivity index (χ0) is 19.2. The summed E-state index contributed by atoms with van der Waals surface area (Å²) in [6, 6.07) is 7.89. The van der Waals surface area contributed by atoms with Crippen molar-refractivity contribution in [2.75, 3.05) is 40.3 Å². The molecule has 0 aliphatic carbocycles. The van der Waals surface area contributed by atoms with Gasteiger partial charge in [0.2, 0.25) is 5.91 Å². The Balaban J connectivity index is 1.76. The van der Waals surface area contributed by atoms with E-state index < -0.39 is 10.2 Å². The first kappa shape index (κ1) is 20.7. The second kappa shape index (κ2) is 9.34. The van der Waals surface area contributed by atoms with E-state index in [-0.39, 0.29) is 18.4 Å². The Morgan fingerprint density at radius 2 is 2.00 bits per heavy atom. The molecule has 0 radical (unpaired) electrons. The zero-order valence-electron chi connectivity index (χ0n) is 15.8. The maximum atomic E-state index is 12.3. The molecule has 1 fully saturated rings. The number of aryl methyl sites for hydroxylation is 1. The first-order valence-corrected chi connectivity index (χ1v) is 10.4. The Hall–Kier alpha value is -1.64. The number of piperidine rings is 1. The largest absolute Gasteiger partial charge is 0.492 e. The van der Waals surface area contributed by atoms with Gasteiger partial charge in [0.05, 0.1) is 12.5 Å². The van der Waals surface area contributed by atoms with Crippen molar-refractivity contribution >= 4 is 16.1 Å². The highest BCUT2D eigenvalue weighted by Gasteiger charge is 2.33. The molecule has 0 bridgehead atoms. The summed E-state index contributed by atoms with van der Waals surface area (Å²) in [7, 11) is -0.465. The van der Waals surface area contributed by atoms with Gasteiger partial charge in [0, 0.05) is 27.2 Å². The second-order valence-electron chi connectivity index (χ2n) is 6.62. The molecule has 26 heavy (non-hydrogen) atoms. The van der Waals surface area contributed by atoms with Crippen LogP contribution in [0.15, 0.2) is 24.3 Å². The molecule has 0 saturated carbocycles. The fourth-order valence-corrected chi connectivity index (χ4v) is 4.10. The third-order valence-corrected chi connectivity index (χ3v) is 6.45. The van der Waals surface area contributed by atoms with E-state index >= 15 is 0 Å². The molecule has 146 valence electrons. The molecule has 1 heterocycles. The van der Waals surface area contributed by atoms with Crippen molar-refractivity contribution in [3.05, 3.63) is 29.8 Å². The van der Waals surface area contributed by atoms with Crippen molar-refractivity contribution in [1.82, 2.24) is 13.9 Å². The molecule has 1 aliphatic rings. The van der Waals surface area contributed by atoms with Gasteiger partial charge in [0.1, 0.15) is 12.4 Å². The summed E-state index contributed by atoms with van der Waals surface area (Å²) in [6.07, 6.45) is 2.37. The molecule has 1 aromatic rings. The predicted molar refractivity (Wildman–Crippen MR) is 101 cm³/mol. The molecule has 8 heteroatoms. The number of carbonyl (C=O) groups excluding carboxylic acids is 1. The van der Waals surface area contributed by atoms with Crippen LogP contribution >= 0.6 is 0 Å². The van der Waals surface area contributed by atoms with Crippen LogP contribution in [0.1, 0.15) is 25.3 Å². The predicted octanol–water partition coefficient (Wildman–Crippen LogP) is 1.26. The van der Waals surface area contributed by atoms with Gasteiger partial charge in [-0.25, -0.2) is 0 Å². The lowest BCUT2D eigenvalue weighted by Crippen LogP contribution is -2.49. The zero-order valence-corrected chi connectivity index (χ0v) is 16.6. The second-order valence-corrected chi connectivity index (χ2v) is 8.77. The molecule has 1 N–H and O–H groups in total.